The van der Waals surface area contributed by atoms with Crippen LogP contribution in [0.1, 0.15) is 12.5 Å². The lowest BCUT2D eigenvalue weighted by Gasteiger charge is -2.41. The molecule has 1 unspecified atom stereocenters. The first-order valence-corrected chi connectivity index (χ1v) is 11.4. The summed E-state index contributed by atoms with van der Waals surface area (Å²) in [5.41, 5.74) is 1.64. The summed E-state index contributed by atoms with van der Waals surface area (Å²) < 4.78 is 17.4. The Bertz CT molecular complexity index is 1210. The van der Waals surface area contributed by atoms with E-state index in [2.05, 4.69) is 11.8 Å². The van der Waals surface area contributed by atoms with Crippen LogP contribution in [0, 0.1) is 0 Å². The number of hydrogen-bond donors (Lipinski definition) is 0. The minimum Gasteiger partial charge on any atom is -0.497 e. The highest BCUT2D eigenvalue weighted by molar-refractivity contribution is 6.04. The molecule has 1 amide bonds. The third kappa shape index (κ3) is 4.41. The van der Waals surface area contributed by atoms with Crippen molar-refractivity contribution in [2.75, 3.05) is 33.4 Å². The van der Waals surface area contributed by atoms with Crippen LogP contribution in [-0.2, 0) is 4.79 Å². The van der Waals surface area contributed by atoms with Gasteiger partial charge in [-0.15, -0.1) is 0 Å². The van der Waals surface area contributed by atoms with Gasteiger partial charge in [-0.25, -0.2) is 4.99 Å². The molecule has 0 aromatic heterocycles. The van der Waals surface area contributed by atoms with Gasteiger partial charge < -0.3 is 24.0 Å². The zero-order chi connectivity index (χ0) is 23.5. The molecule has 2 heterocycles. The molecule has 3 aromatic rings. The van der Waals surface area contributed by atoms with Gasteiger partial charge in [-0.05, 0) is 49.4 Å². The Morgan fingerprint density at radius 2 is 1.79 bits per heavy atom. The number of piperazine rings is 1. The lowest BCUT2D eigenvalue weighted by atomic mass is 10.1. The second kappa shape index (κ2) is 9.47. The number of aliphatic imine (C=N–C) groups is 1. The van der Waals surface area contributed by atoms with E-state index in [4.69, 9.17) is 19.2 Å². The smallest absolute Gasteiger partial charge is 0.260 e. The molecule has 0 spiro atoms. The largest absolute Gasteiger partial charge is 0.497 e. The molecular formula is C27H27N3O4. The topological polar surface area (TPSA) is 63.6 Å². The quantitative estimate of drug-likeness (QED) is 0.578. The number of hydrogen-bond acceptors (Lipinski definition) is 6. The van der Waals surface area contributed by atoms with Gasteiger partial charge in [-0.3, -0.25) is 4.79 Å². The minimum absolute atomic E-state index is 0.00297. The Morgan fingerprint density at radius 3 is 2.59 bits per heavy atom. The molecule has 1 fully saturated rings. The lowest BCUT2D eigenvalue weighted by Crippen LogP contribution is -2.56. The van der Waals surface area contributed by atoms with E-state index in [9.17, 15) is 4.79 Å². The first-order chi connectivity index (χ1) is 16.6. The number of nitrogens with zero attached hydrogens (tertiary/aromatic N) is 3. The number of para-hydroxylation sites is 3. The van der Waals surface area contributed by atoms with Crippen molar-refractivity contribution in [3.8, 4) is 23.0 Å². The molecule has 0 saturated carbocycles. The van der Waals surface area contributed by atoms with Crippen molar-refractivity contribution in [3.63, 3.8) is 0 Å². The summed E-state index contributed by atoms with van der Waals surface area (Å²) in [5, 5.41) is 0. The highest BCUT2D eigenvalue weighted by atomic mass is 16.5. The van der Waals surface area contributed by atoms with E-state index in [-0.39, 0.29) is 18.6 Å². The fourth-order valence-corrected chi connectivity index (χ4v) is 4.33. The van der Waals surface area contributed by atoms with E-state index < -0.39 is 0 Å². The van der Waals surface area contributed by atoms with E-state index in [0.29, 0.717) is 31.1 Å². The summed E-state index contributed by atoms with van der Waals surface area (Å²) in [5.74, 6) is 3.67. The van der Waals surface area contributed by atoms with Gasteiger partial charge in [0, 0.05) is 25.7 Å². The van der Waals surface area contributed by atoms with Gasteiger partial charge in [0.1, 0.15) is 28.8 Å². The maximum Gasteiger partial charge on any atom is 0.260 e. The van der Waals surface area contributed by atoms with E-state index in [1.54, 1.807) is 7.11 Å². The maximum atomic E-state index is 12.9. The number of fused-ring (bicyclic) bond motifs is 2. The fourth-order valence-electron chi connectivity index (χ4n) is 4.33. The van der Waals surface area contributed by atoms with E-state index in [0.717, 1.165) is 28.6 Å². The van der Waals surface area contributed by atoms with Crippen LogP contribution in [0.25, 0.3) is 0 Å². The maximum absolute atomic E-state index is 12.9. The van der Waals surface area contributed by atoms with E-state index in [1.165, 1.54) is 0 Å². The van der Waals surface area contributed by atoms with Crippen molar-refractivity contribution >= 4 is 17.4 Å². The second-order valence-corrected chi connectivity index (χ2v) is 8.35. The summed E-state index contributed by atoms with van der Waals surface area (Å²) in [4.78, 5) is 22.0. The highest BCUT2D eigenvalue weighted by Gasteiger charge is 2.32. The highest BCUT2D eigenvalue weighted by Crippen LogP contribution is 2.39. The molecule has 7 nitrogen and oxygen atoms in total. The molecule has 5 rings (SSSR count). The van der Waals surface area contributed by atoms with Crippen LogP contribution in [0.15, 0.2) is 77.8 Å². The SMILES string of the molecule is COc1ccc2c(c1)C(N1CCN(C(=O)COc3ccccc3)C(C)C1)=Nc1ccccc1O2. The van der Waals surface area contributed by atoms with Gasteiger partial charge in [0.15, 0.2) is 12.4 Å². The molecule has 2 aliphatic rings. The third-order valence-corrected chi connectivity index (χ3v) is 6.09. The standard InChI is InChI=1S/C27H27N3O4/c1-19-17-29(14-15-30(19)26(31)18-33-20-8-4-3-5-9-20)27-22-16-21(32-2)12-13-24(22)34-25-11-7-6-10-23(25)28-27/h3-13,16,19H,14-15,17-18H2,1-2H3. The Labute approximate surface area is 199 Å². The van der Waals surface area contributed by atoms with Crippen LogP contribution in [-0.4, -0.2) is 60.9 Å². The van der Waals surface area contributed by atoms with Gasteiger partial charge in [-0.1, -0.05) is 30.3 Å². The van der Waals surface area contributed by atoms with Crippen molar-refractivity contribution in [3.05, 3.63) is 78.4 Å². The summed E-state index contributed by atoms with van der Waals surface area (Å²) >= 11 is 0. The molecule has 1 atom stereocenters. The number of amides is 1. The zero-order valence-electron chi connectivity index (χ0n) is 19.3. The molecule has 174 valence electrons. The van der Waals surface area contributed by atoms with Crippen LogP contribution in [0.3, 0.4) is 0 Å². The Hall–Kier alpha value is -4.00. The molecule has 0 aliphatic carbocycles. The van der Waals surface area contributed by atoms with Crippen molar-refractivity contribution in [1.29, 1.82) is 0 Å². The lowest BCUT2D eigenvalue weighted by molar-refractivity contribution is -0.137. The van der Waals surface area contributed by atoms with Gasteiger partial charge in [-0.2, -0.15) is 0 Å². The number of ether oxygens (including phenoxy) is 3. The number of benzene rings is 3. The van der Waals surface area contributed by atoms with Crippen molar-refractivity contribution in [1.82, 2.24) is 9.80 Å². The molecule has 2 aliphatic heterocycles. The molecule has 1 saturated heterocycles. The fraction of sp³-hybridized carbons (Fsp3) is 0.259. The molecule has 3 aromatic carbocycles. The average molecular weight is 458 g/mol. The number of rotatable bonds is 4. The monoisotopic (exact) mass is 457 g/mol. The minimum atomic E-state index is -0.0189. The van der Waals surface area contributed by atoms with E-state index in [1.807, 2.05) is 77.7 Å². The average Bonchev–Trinajstić information content (AvgIpc) is 3.04. The molecular weight excluding hydrogens is 430 g/mol. The van der Waals surface area contributed by atoms with Crippen molar-refractivity contribution < 1.29 is 19.0 Å². The Balaban J connectivity index is 1.37. The predicted molar refractivity (Wildman–Crippen MR) is 130 cm³/mol. The van der Waals surface area contributed by atoms with Gasteiger partial charge in [0.25, 0.3) is 5.91 Å². The number of methoxy groups -OCH3 is 1. The zero-order valence-corrected chi connectivity index (χ0v) is 19.3. The van der Waals surface area contributed by atoms with Crippen LogP contribution < -0.4 is 14.2 Å². The molecule has 0 radical (unpaired) electrons. The van der Waals surface area contributed by atoms with Gasteiger partial charge >= 0.3 is 0 Å². The first kappa shape index (κ1) is 21.8. The van der Waals surface area contributed by atoms with Crippen molar-refractivity contribution in [2.45, 2.75) is 13.0 Å². The van der Waals surface area contributed by atoms with Crippen molar-refractivity contribution in [2.24, 2.45) is 4.99 Å². The van der Waals surface area contributed by atoms with Crippen LogP contribution in [0.4, 0.5) is 5.69 Å². The molecule has 7 heteroatoms. The molecule has 0 bridgehead atoms. The number of amidine groups is 1. The third-order valence-electron chi connectivity index (χ3n) is 6.09. The number of carbonyl (C=O) groups excluding carboxylic acids is 1. The Kier molecular flexibility index (Phi) is 6.08. The summed E-state index contributed by atoms with van der Waals surface area (Å²) in [7, 11) is 1.65. The predicted octanol–water partition coefficient (Wildman–Crippen LogP) is 4.49. The van der Waals surface area contributed by atoms with Crippen LogP contribution in [0.2, 0.25) is 0 Å². The molecule has 34 heavy (non-hydrogen) atoms. The molecule has 0 N–H and O–H groups in total. The first-order valence-electron chi connectivity index (χ1n) is 11.4. The van der Waals surface area contributed by atoms with E-state index >= 15 is 0 Å². The summed E-state index contributed by atoms with van der Waals surface area (Å²) in [6.07, 6.45) is 0. The summed E-state index contributed by atoms with van der Waals surface area (Å²) in [6.45, 7) is 3.96. The van der Waals surface area contributed by atoms with Gasteiger partial charge in [0.05, 0.1) is 12.7 Å². The summed E-state index contributed by atoms with van der Waals surface area (Å²) in [6, 6.07) is 22.9. The normalized spacial score (nSPS) is 17.0. The second-order valence-electron chi connectivity index (χ2n) is 8.35. The van der Waals surface area contributed by atoms with Gasteiger partial charge in [0.2, 0.25) is 0 Å². The Morgan fingerprint density at radius 1 is 1.00 bits per heavy atom. The number of carbonyl (C=O) groups is 1. The van der Waals surface area contributed by atoms with Crippen LogP contribution >= 0.6 is 0 Å². The van der Waals surface area contributed by atoms with Crippen LogP contribution in [0.5, 0.6) is 23.0 Å².